The van der Waals surface area contributed by atoms with Gasteiger partial charge in [-0.3, -0.25) is 9.89 Å². The fraction of sp³-hybridized carbons (Fsp3) is 0.444. The molecule has 0 aliphatic carbocycles. The van der Waals surface area contributed by atoms with Crippen LogP contribution in [0.4, 0.5) is 0 Å². The highest BCUT2D eigenvalue weighted by Crippen LogP contribution is 2.31. The van der Waals surface area contributed by atoms with Crippen LogP contribution in [0, 0.1) is 6.92 Å². The van der Waals surface area contributed by atoms with Gasteiger partial charge in [-0.05, 0) is 37.5 Å². The number of rotatable bonds is 2. The number of hydrogen-bond acceptors (Lipinski definition) is 3. The molecule has 0 saturated carbocycles. The molecule has 1 fully saturated rings. The number of aryl methyl sites for hydroxylation is 1. The number of nitrogens with one attached hydrogen (secondary N) is 1. The van der Waals surface area contributed by atoms with Crippen molar-refractivity contribution in [3.8, 4) is 5.75 Å². The lowest BCUT2D eigenvalue weighted by Crippen LogP contribution is -2.46. The van der Waals surface area contributed by atoms with E-state index in [0.29, 0.717) is 12.3 Å². The summed E-state index contributed by atoms with van der Waals surface area (Å²) in [5.74, 6) is 1.28. The highest BCUT2D eigenvalue weighted by molar-refractivity contribution is 5.82. The van der Waals surface area contributed by atoms with Crippen LogP contribution in [-0.4, -0.2) is 40.2 Å². The highest BCUT2D eigenvalue weighted by atomic mass is 16.5. The number of fused-ring (bicyclic) bond motifs is 1. The summed E-state index contributed by atoms with van der Waals surface area (Å²) in [6, 6.07) is 10.00. The lowest BCUT2D eigenvalue weighted by molar-refractivity contribution is -0.139. The SMILES string of the molecule is Cc1cc([C@@H]2CCCN(C(=O)[C@@H]3Cc4ccccc4O3)C2)n[nH]1. The Morgan fingerprint density at radius 3 is 3.04 bits per heavy atom. The Bertz CT molecular complexity index is 700. The van der Waals surface area contributed by atoms with E-state index in [1.807, 2.05) is 36.1 Å². The molecule has 5 heteroatoms. The number of piperidine rings is 1. The predicted octanol–water partition coefficient (Wildman–Crippen LogP) is 2.43. The Kier molecular flexibility index (Phi) is 3.56. The maximum Gasteiger partial charge on any atom is 0.264 e. The average molecular weight is 311 g/mol. The van der Waals surface area contributed by atoms with Gasteiger partial charge < -0.3 is 9.64 Å². The van der Waals surface area contributed by atoms with Crippen molar-refractivity contribution < 1.29 is 9.53 Å². The average Bonchev–Trinajstić information content (AvgIpc) is 3.20. The smallest absolute Gasteiger partial charge is 0.264 e. The van der Waals surface area contributed by atoms with Crippen LogP contribution in [0.3, 0.4) is 0 Å². The van der Waals surface area contributed by atoms with Gasteiger partial charge >= 0.3 is 0 Å². The van der Waals surface area contributed by atoms with Crippen LogP contribution in [0.5, 0.6) is 5.75 Å². The Hall–Kier alpha value is -2.30. The number of hydrogen-bond donors (Lipinski definition) is 1. The molecule has 0 unspecified atom stereocenters. The van der Waals surface area contributed by atoms with Gasteiger partial charge in [0.2, 0.25) is 0 Å². The minimum Gasteiger partial charge on any atom is -0.480 e. The second kappa shape index (κ2) is 5.72. The molecule has 2 aliphatic heterocycles. The second-order valence-corrected chi connectivity index (χ2v) is 6.52. The molecule has 1 aromatic carbocycles. The minimum atomic E-state index is -0.368. The lowest BCUT2D eigenvalue weighted by atomic mass is 9.94. The van der Waals surface area contributed by atoms with Gasteiger partial charge in [-0.2, -0.15) is 5.10 Å². The Morgan fingerprint density at radius 2 is 2.26 bits per heavy atom. The van der Waals surface area contributed by atoms with E-state index in [-0.39, 0.29) is 12.0 Å². The third-order valence-electron chi connectivity index (χ3n) is 4.80. The molecule has 0 spiro atoms. The zero-order valence-corrected chi connectivity index (χ0v) is 13.3. The molecule has 1 N–H and O–H groups in total. The van der Waals surface area contributed by atoms with Gasteiger partial charge in [-0.25, -0.2) is 0 Å². The molecule has 0 bridgehead atoms. The van der Waals surface area contributed by atoms with Crippen molar-refractivity contribution in [3.63, 3.8) is 0 Å². The molecule has 3 heterocycles. The molecule has 4 rings (SSSR count). The zero-order valence-electron chi connectivity index (χ0n) is 13.3. The molecule has 2 aliphatic rings. The van der Waals surface area contributed by atoms with Gasteiger partial charge in [0.15, 0.2) is 6.10 Å². The first kappa shape index (κ1) is 14.3. The minimum absolute atomic E-state index is 0.109. The summed E-state index contributed by atoms with van der Waals surface area (Å²) < 4.78 is 5.85. The first-order chi connectivity index (χ1) is 11.2. The summed E-state index contributed by atoms with van der Waals surface area (Å²) in [6.07, 6.45) is 2.41. The van der Waals surface area contributed by atoms with Crippen molar-refractivity contribution in [2.75, 3.05) is 13.1 Å². The van der Waals surface area contributed by atoms with Crippen molar-refractivity contribution in [2.24, 2.45) is 0 Å². The largest absolute Gasteiger partial charge is 0.480 e. The van der Waals surface area contributed by atoms with E-state index in [1.165, 1.54) is 0 Å². The summed E-state index contributed by atoms with van der Waals surface area (Å²) in [6.45, 7) is 3.56. The van der Waals surface area contributed by atoms with Crippen molar-refractivity contribution in [2.45, 2.75) is 38.2 Å². The number of aromatic amines is 1. The van der Waals surface area contributed by atoms with E-state index < -0.39 is 0 Å². The third-order valence-corrected chi connectivity index (χ3v) is 4.80. The number of ether oxygens (including phenoxy) is 1. The highest BCUT2D eigenvalue weighted by Gasteiger charge is 2.35. The van der Waals surface area contributed by atoms with Gasteiger partial charge in [0, 0.05) is 31.1 Å². The molecule has 0 radical (unpaired) electrons. The van der Waals surface area contributed by atoms with E-state index in [1.54, 1.807) is 0 Å². The van der Waals surface area contributed by atoms with E-state index in [0.717, 1.165) is 48.6 Å². The van der Waals surface area contributed by atoms with Crippen molar-refractivity contribution in [3.05, 3.63) is 47.3 Å². The van der Waals surface area contributed by atoms with Crippen molar-refractivity contribution in [1.82, 2.24) is 15.1 Å². The van der Waals surface area contributed by atoms with Crippen molar-refractivity contribution in [1.29, 1.82) is 0 Å². The number of aromatic nitrogens is 2. The van der Waals surface area contributed by atoms with E-state index in [2.05, 4.69) is 16.3 Å². The number of para-hydroxylation sites is 1. The van der Waals surface area contributed by atoms with Gasteiger partial charge in [0.25, 0.3) is 5.91 Å². The number of amides is 1. The Labute approximate surface area is 135 Å². The van der Waals surface area contributed by atoms with Crippen LogP contribution in [0.1, 0.15) is 35.7 Å². The number of H-pyrrole nitrogens is 1. The van der Waals surface area contributed by atoms with E-state index in [9.17, 15) is 4.79 Å². The summed E-state index contributed by atoms with van der Waals surface area (Å²) >= 11 is 0. The topological polar surface area (TPSA) is 58.2 Å². The molecule has 2 aromatic rings. The fourth-order valence-electron chi connectivity index (χ4n) is 3.59. The monoisotopic (exact) mass is 311 g/mol. The van der Waals surface area contributed by atoms with Crippen LogP contribution in [-0.2, 0) is 11.2 Å². The molecule has 1 aromatic heterocycles. The maximum absolute atomic E-state index is 12.8. The van der Waals surface area contributed by atoms with Gasteiger partial charge in [0.05, 0.1) is 5.69 Å². The number of benzene rings is 1. The molecule has 1 saturated heterocycles. The number of nitrogens with zero attached hydrogens (tertiary/aromatic N) is 2. The fourth-order valence-corrected chi connectivity index (χ4v) is 3.59. The zero-order chi connectivity index (χ0) is 15.8. The Morgan fingerprint density at radius 1 is 1.39 bits per heavy atom. The third kappa shape index (κ3) is 2.71. The standard InChI is InChI=1S/C18H21N3O2/c1-12-9-15(20-19-12)14-6-4-8-21(11-14)18(22)17-10-13-5-2-3-7-16(13)23-17/h2-3,5,7,9,14,17H,4,6,8,10-11H2,1H3,(H,19,20)/t14-,17+/m1/s1. The molecular weight excluding hydrogens is 290 g/mol. The summed E-state index contributed by atoms with van der Waals surface area (Å²) in [7, 11) is 0. The molecule has 120 valence electrons. The summed E-state index contributed by atoms with van der Waals surface area (Å²) in [5, 5.41) is 7.37. The van der Waals surface area contributed by atoms with Crippen LogP contribution >= 0.6 is 0 Å². The number of carbonyl (C=O) groups is 1. The summed E-state index contributed by atoms with van der Waals surface area (Å²) in [4.78, 5) is 14.8. The molecule has 1 amide bonds. The number of carbonyl (C=O) groups excluding carboxylic acids is 1. The number of likely N-dealkylation sites (tertiary alicyclic amines) is 1. The Balaban J connectivity index is 1.45. The van der Waals surface area contributed by atoms with Crippen LogP contribution in [0.25, 0.3) is 0 Å². The van der Waals surface area contributed by atoms with Gasteiger partial charge in [-0.1, -0.05) is 18.2 Å². The van der Waals surface area contributed by atoms with E-state index >= 15 is 0 Å². The van der Waals surface area contributed by atoms with Gasteiger partial charge in [-0.15, -0.1) is 0 Å². The van der Waals surface area contributed by atoms with Crippen molar-refractivity contribution >= 4 is 5.91 Å². The maximum atomic E-state index is 12.8. The predicted molar refractivity (Wildman–Crippen MR) is 86.4 cm³/mol. The lowest BCUT2D eigenvalue weighted by Gasteiger charge is -2.33. The van der Waals surface area contributed by atoms with Crippen LogP contribution < -0.4 is 4.74 Å². The second-order valence-electron chi connectivity index (χ2n) is 6.52. The molecule has 23 heavy (non-hydrogen) atoms. The van der Waals surface area contributed by atoms with Crippen LogP contribution in [0.15, 0.2) is 30.3 Å². The molecule has 2 atom stereocenters. The quantitative estimate of drug-likeness (QED) is 0.926. The molecular formula is C18H21N3O2. The molecule has 5 nitrogen and oxygen atoms in total. The normalized spacial score (nSPS) is 23.4. The van der Waals surface area contributed by atoms with E-state index in [4.69, 9.17) is 4.74 Å². The summed E-state index contributed by atoms with van der Waals surface area (Å²) in [5.41, 5.74) is 3.26. The first-order valence-electron chi connectivity index (χ1n) is 8.26. The van der Waals surface area contributed by atoms with Gasteiger partial charge in [0.1, 0.15) is 5.75 Å². The van der Waals surface area contributed by atoms with Crippen LogP contribution in [0.2, 0.25) is 0 Å². The first-order valence-corrected chi connectivity index (χ1v) is 8.26.